The van der Waals surface area contributed by atoms with Crippen LogP contribution in [0.5, 0.6) is 0 Å². The highest BCUT2D eigenvalue weighted by atomic mass is 14.9. The Bertz CT molecular complexity index is 458. The molecule has 20 heavy (non-hydrogen) atoms. The Morgan fingerprint density at radius 3 is 2.70 bits per heavy atom. The quantitative estimate of drug-likeness (QED) is 0.546. The van der Waals surface area contributed by atoms with Crippen LogP contribution in [0.4, 0.5) is 11.4 Å². The molecule has 110 valence electrons. The number of benzene rings is 1. The molecule has 1 rings (SSSR count). The monoisotopic (exact) mass is 273 g/mol. The lowest BCUT2D eigenvalue weighted by Gasteiger charge is -2.25. The summed E-state index contributed by atoms with van der Waals surface area (Å²) < 4.78 is 0. The zero-order valence-corrected chi connectivity index (χ0v) is 13.0. The van der Waals surface area contributed by atoms with Crippen LogP contribution in [0.3, 0.4) is 0 Å². The third kappa shape index (κ3) is 5.52. The fourth-order valence-corrected chi connectivity index (χ4v) is 2.24. The van der Waals surface area contributed by atoms with Gasteiger partial charge < -0.3 is 11.1 Å². The SMILES string of the molecule is CCCCCC(C)(C)CNc1ccc(N)c(CC#N)c1. The number of nitrogens with two attached hydrogens (primary N) is 1. The molecule has 3 N–H and O–H groups in total. The van der Waals surface area contributed by atoms with Gasteiger partial charge >= 0.3 is 0 Å². The van der Waals surface area contributed by atoms with Crippen LogP contribution in [0.15, 0.2) is 18.2 Å². The number of nitrogen functional groups attached to an aromatic ring is 1. The van der Waals surface area contributed by atoms with Crippen LogP contribution in [0.1, 0.15) is 52.0 Å². The molecule has 0 spiro atoms. The van der Waals surface area contributed by atoms with Gasteiger partial charge in [-0.25, -0.2) is 0 Å². The molecule has 3 nitrogen and oxygen atoms in total. The number of rotatable bonds is 8. The molecule has 0 fully saturated rings. The van der Waals surface area contributed by atoms with Gasteiger partial charge in [0.2, 0.25) is 0 Å². The molecule has 1 aromatic rings. The van der Waals surface area contributed by atoms with Crippen LogP contribution >= 0.6 is 0 Å². The van der Waals surface area contributed by atoms with Crippen molar-refractivity contribution < 1.29 is 0 Å². The second kappa shape index (κ2) is 7.79. The molecule has 0 amide bonds. The van der Waals surface area contributed by atoms with Crippen molar-refractivity contribution in [3.63, 3.8) is 0 Å². The predicted octanol–water partition coefficient (Wildman–Crippen LogP) is 4.35. The Hall–Kier alpha value is -1.69. The largest absolute Gasteiger partial charge is 0.398 e. The first-order valence-corrected chi connectivity index (χ1v) is 7.48. The lowest BCUT2D eigenvalue weighted by molar-refractivity contribution is 0.342. The summed E-state index contributed by atoms with van der Waals surface area (Å²) >= 11 is 0. The number of hydrogen-bond acceptors (Lipinski definition) is 3. The fraction of sp³-hybridized carbons (Fsp3) is 0.588. The zero-order chi connectivity index (χ0) is 15.0. The van der Waals surface area contributed by atoms with Crippen LogP contribution in [0, 0.1) is 16.7 Å². The first kappa shape index (κ1) is 16.4. The maximum Gasteiger partial charge on any atom is 0.0670 e. The van der Waals surface area contributed by atoms with E-state index < -0.39 is 0 Å². The molecule has 0 unspecified atom stereocenters. The summed E-state index contributed by atoms with van der Waals surface area (Å²) in [5, 5.41) is 12.3. The predicted molar refractivity (Wildman–Crippen MR) is 86.6 cm³/mol. The molecular formula is C17H27N3. The minimum Gasteiger partial charge on any atom is -0.398 e. The van der Waals surface area contributed by atoms with Gasteiger partial charge in [-0.2, -0.15) is 5.26 Å². The van der Waals surface area contributed by atoms with E-state index in [1.165, 1.54) is 25.7 Å². The molecule has 0 aliphatic rings. The number of unbranched alkanes of at least 4 members (excludes halogenated alkanes) is 2. The van der Waals surface area contributed by atoms with Crippen molar-refractivity contribution in [1.29, 1.82) is 5.26 Å². The van der Waals surface area contributed by atoms with E-state index in [0.29, 0.717) is 12.1 Å². The van der Waals surface area contributed by atoms with Crippen molar-refractivity contribution in [2.75, 3.05) is 17.6 Å². The summed E-state index contributed by atoms with van der Waals surface area (Å²) in [5.74, 6) is 0. The summed E-state index contributed by atoms with van der Waals surface area (Å²) in [4.78, 5) is 0. The molecule has 0 aliphatic heterocycles. The van der Waals surface area contributed by atoms with Crippen molar-refractivity contribution in [1.82, 2.24) is 0 Å². The molecule has 0 radical (unpaired) electrons. The lowest BCUT2D eigenvalue weighted by atomic mass is 9.87. The van der Waals surface area contributed by atoms with E-state index in [0.717, 1.165) is 17.8 Å². The van der Waals surface area contributed by atoms with E-state index in [2.05, 4.69) is 32.2 Å². The van der Waals surface area contributed by atoms with Gasteiger partial charge in [-0.3, -0.25) is 0 Å². The number of nitrogens with one attached hydrogen (secondary N) is 1. The van der Waals surface area contributed by atoms with Crippen molar-refractivity contribution >= 4 is 11.4 Å². The van der Waals surface area contributed by atoms with Gasteiger partial charge in [0.1, 0.15) is 0 Å². The summed E-state index contributed by atoms with van der Waals surface area (Å²) in [7, 11) is 0. The fourth-order valence-electron chi connectivity index (χ4n) is 2.24. The van der Waals surface area contributed by atoms with Crippen molar-refractivity contribution in [3.05, 3.63) is 23.8 Å². The average Bonchev–Trinajstić information content (AvgIpc) is 2.40. The molecule has 0 aliphatic carbocycles. The maximum absolute atomic E-state index is 8.79. The van der Waals surface area contributed by atoms with Crippen LogP contribution in [0.2, 0.25) is 0 Å². The number of hydrogen-bond donors (Lipinski definition) is 2. The Morgan fingerprint density at radius 2 is 2.05 bits per heavy atom. The molecule has 0 atom stereocenters. The van der Waals surface area contributed by atoms with Gasteiger partial charge in [-0.15, -0.1) is 0 Å². The smallest absolute Gasteiger partial charge is 0.0670 e. The van der Waals surface area contributed by atoms with E-state index >= 15 is 0 Å². The minimum atomic E-state index is 0.284. The minimum absolute atomic E-state index is 0.284. The summed E-state index contributed by atoms with van der Waals surface area (Å²) in [6.45, 7) is 7.76. The van der Waals surface area contributed by atoms with Crippen LogP contribution in [0.25, 0.3) is 0 Å². The van der Waals surface area contributed by atoms with E-state index in [1.54, 1.807) is 0 Å². The number of anilines is 2. The van der Waals surface area contributed by atoms with Crippen LogP contribution in [-0.2, 0) is 6.42 Å². The van der Waals surface area contributed by atoms with Crippen LogP contribution in [-0.4, -0.2) is 6.54 Å². The lowest BCUT2D eigenvalue weighted by Crippen LogP contribution is -2.23. The van der Waals surface area contributed by atoms with Gasteiger partial charge in [0.15, 0.2) is 0 Å². The Balaban J connectivity index is 2.56. The second-order valence-corrected chi connectivity index (χ2v) is 6.22. The highest BCUT2D eigenvalue weighted by Crippen LogP contribution is 2.25. The standard InChI is InChI=1S/C17H27N3/c1-4-5-6-10-17(2,3)13-20-15-7-8-16(19)14(12-15)9-11-18/h7-8,12,20H,4-6,9-10,13,19H2,1-3H3. The molecular weight excluding hydrogens is 246 g/mol. The normalized spacial score (nSPS) is 11.1. The Kier molecular flexibility index (Phi) is 6.38. The highest BCUT2D eigenvalue weighted by Gasteiger charge is 2.17. The van der Waals surface area contributed by atoms with Gasteiger partial charge in [-0.1, -0.05) is 40.0 Å². The zero-order valence-electron chi connectivity index (χ0n) is 13.0. The second-order valence-electron chi connectivity index (χ2n) is 6.22. The first-order chi connectivity index (χ1) is 9.48. The summed E-state index contributed by atoms with van der Waals surface area (Å²) in [5.41, 5.74) is 8.79. The van der Waals surface area contributed by atoms with Crippen LogP contribution < -0.4 is 11.1 Å². The van der Waals surface area contributed by atoms with Gasteiger partial charge in [0.25, 0.3) is 0 Å². The first-order valence-electron chi connectivity index (χ1n) is 7.48. The molecule has 1 aromatic carbocycles. The number of nitriles is 1. The molecule has 3 heteroatoms. The number of nitrogens with zero attached hydrogens (tertiary/aromatic N) is 1. The summed E-state index contributed by atoms with van der Waals surface area (Å²) in [6, 6.07) is 8.00. The van der Waals surface area contributed by atoms with E-state index in [1.807, 2.05) is 18.2 Å². The highest BCUT2D eigenvalue weighted by molar-refractivity contribution is 5.58. The molecule has 0 aromatic heterocycles. The average molecular weight is 273 g/mol. The maximum atomic E-state index is 8.79. The van der Waals surface area contributed by atoms with Crippen molar-refractivity contribution in [2.45, 2.75) is 52.9 Å². The third-order valence-electron chi connectivity index (χ3n) is 3.64. The summed E-state index contributed by atoms with van der Waals surface area (Å²) in [6.07, 6.45) is 5.44. The van der Waals surface area contributed by atoms with E-state index in [-0.39, 0.29) is 5.41 Å². The topological polar surface area (TPSA) is 61.8 Å². The molecule has 0 saturated carbocycles. The molecule has 0 saturated heterocycles. The van der Waals surface area contributed by atoms with E-state index in [9.17, 15) is 0 Å². The third-order valence-corrected chi connectivity index (χ3v) is 3.64. The molecule has 0 bridgehead atoms. The Morgan fingerprint density at radius 1 is 1.30 bits per heavy atom. The van der Waals surface area contributed by atoms with Gasteiger partial charge in [0.05, 0.1) is 12.5 Å². The Labute approximate surface area is 123 Å². The van der Waals surface area contributed by atoms with E-state index in [4.69, 9.17) is 11.0 Å². The molecule has 0 heterocycles. The van der Waals surface area contributed by atoms with Crippen molar-refractivity contribution in [3.8, 4) is 6.07 Å². The van der Waals surface area contributed by atoms with Gasteiger partial charge in [-0.05, 0) is 35.6 Å². The van der Waals surface area contributed by atoms with Gasteiger partial charge in [0, 0.05) is 17.9 Å². The van der Waals surface area contributed by atoms with Crippen molar-refractivity contribution in [2.24, 2.45) is 5.41 Å².